The maximum absolute atomic E-state index is 12.4. The minimum Gasteiger partial charge on any atom is -0.493 e. The van der Waals surface area contributed by atoms with Crippen LogP contribution in [-0.2, 0) is 9.53 Å². The summed E-state index contributed by atoms with van der Waals surface area (Å²) < 4.78 is 21.3. The Labute approximate surface area is 186 Å². The molecule has 9 heteroatoms. The molecule has 0 atom stereocenters. The summed E-state index contributed by atoms with van der Waals surface area (Å²) in [5, 5.41) is 0. The lowest BCUT2D eigenvalue weighted by Gasteiger charge is -2.34. The average Bonchev–Trinajstić information content (AvgIpc) is 3.35. The van der Waals surface area contributed by atoms with Gasteiger partial charge >= 0.3 is 5.97 Å². The Morgan fingerprint density at radius 2 is 1.75 bits per heavy atom. The molecule has 2 heterocycles. The minimum absolute atomic E-state index is 0.205. The Bertz CT molecular complexity index is 932. The Morgan fingerprint density at radius 1 is 1.03 bits per heavy atom. The first-order chi connectivity index (χ1) is 15.4. The van der Waals surface area contributed by atoms with E-state index in [1.807, 2.05) is 13.8 Å². The molecule has 0 spiro atoms. The van der Waals surface area contributed by atoms with Crippen molar-refractivity contribution in [2.45, 2.75) is 13.8 Å². The van der Waals surface area contributed by atoms with Crippen LogP contribution in [-0.4, -0.2) is 74.1 Å². The highest BCUT2D eigenvalue weighted by Gasteiger charge is 2.26. The number of piperazine rings is 1. The molecule has 9 nitrogen and oxygen atoms in total. The number of carbonyl (C=O) groups is 3. The molecule has 32 heavy (non-hydrogen) atoms. The number of methoxy groups -OCH3 is 1. The van der Waals surface area contributed by atoms with Crippen molar-refractivity contribution >= 4 is 17.8 Å². The second kappa shape index (κ2) is 10.7. The van der Waals surface area contributed by atoms with Gasteiger partial charge in [0.05, 0.1) is 25.5 Å². The van der Waals surface area contributed by atoms with Crippen LogP contribution in [0.1, 0.15) is 34.8 Å². The second-order valence-electron chi connectivity index (χ2n) is 7.80. The van der Waals surface area contributed by atoms with Crippen molar-refractivity contribution in [3.8, 4) is 11.5 Å². The van der Waals surface area contributed by atoms with Gasteiger partial charge in [-0.2, -0.15) is 0 Å². The van der Waals surface area contributed by atoms with Crippen molar-refractivity contribution in [1.82, 2.24) is 9.80 Å². The lowest BCUT2D eigenvalue weighted by Crippen LogP contribution is -2.51. The van der Waals surface area contributed by atoms with E-state index in [9.17, 15) is 14.4 Å². The van der Waals surface area contributed by atoms with Crippen molar-refractivity contribution in [2.75, 3.05) is 46.5 Å². The monoisotopic (exact) mass is 444 g/mol. The quantitative estimate of drug-likeness (QED) is 0.577. The zero-order chi connectivity index (χ0) is 23.1. The average molecular weight is 444 g/mol. The van der Waals surface area contributed by atoms with Crippen molar-refractivity contribution in [3.05, 3.63) is 47.9 Å². The highest BCUT2D eigenvalue weighted by Crippen LogP contribution is 2.28. The molecule has 1 fully saturated rings. The number of nitrogens with zero attached hydrogens (tertiary/aromatic N) is 2. The van der Waals surface area contributed by atoms with Gasteiger partial charge < -0.3 is 28.4 Å². The van der Waals surface area contributed by atoms with Crippen LogP contribution >= 0.6 is 0 Å². The third-order valence-corrected chi connectivity index (χ3v) is 4.95. The first-order valence-electron chi connectivity index (χ1n) is 10.5. The number of rotatable bonds is 8. The summed E-state index contributed by atoms with van der Waals surface area (Å²) in [6.45, 7) is 5.70. The summed E-state index contributed by atoms with van der Waals surface area (Å²) in [6.07, 6.45) is 1.45. The molecule has 2 amide bonds. The molecule has 1 saturated heterocycles. The van der Waals surface area contributed by atoms with Gasteiger partial charge in [-0.3, -0.25) is 9.59 Å². The molecule has 172 valence electrons. The fourth-order valence-electron chi connectivity index (χ4n) is 3.19. The molecule has 0 aliphatic carbocycles. The van der Waals surface area contributed by atoms with E-state index in [1.54, 1.807) is 34.1 Å². The van der Waals surface area contributed by atoms with Crippen LogP contribution in [0.2, 0.25) is 0 Å². The maximum atomic E-state index is 12.4. The van der Waals surface area contributed by atoms with E-state index >= 15 is 0 Å². The van der Waals surface area contributed by atoms with Gasteiger partial charge in [0, 0.05) is 26.2 Å². The van der Waals surface area contributed by atoms with Gasteiger partial charge in [-0.1, -0.05) is 13.8 Å². The first kappa shape index (κ1) is 23.2. The number of amides is 2. The van der Waals surface area contributed by atoms with Gasteiger partial charge in [0.15, 0.2) is 23.9 Å². The number of carbonyl (C=O) groups excluding carboxylic acids is 3. The zero-order valence-corrected chi connectivity index (χ0v) is 18.5. The fraction of sp³-hybridized carbons (Fsp3) is 0.435. The first-order valence-corrected chi connectivity index (χ1v) is 10.5. The molecule has 0 unspecified atom stereocenters. The SMILES string of the molecule is COc1cc(C(=O)OCC(=O)N2CCN(C(=O)c3ccco3)CC2)ccc1OCC(C)C. The van der Waals surface area contributed by atoms with Crippen LogP contribution < -0.4 is 9.47 Å². The Morgan fingerprint density at radius 3 is 2.38 bits per heavy atom. The third kappa shape index (κ3) is 5.81. The summed E-state index contributed by atoms with van der Waals surface area (Å²) in [5.74, 6) is 0.434. The molecule has 1 aromatic carbocycles. The van der Waals surface area contributed by atoms with Crippen molar-refractivity contribution in [3.63, 3.8) is 0 Å². The van der Waals surface area contributed by atoms with E-state index in [-0.39, 0.29) is 29.7 Å². The smallest absolute Gasteiger partial charge is 0.338 e. The van der Waals surface area contributed by atoms with E-state index in [0.717, 1.165) is 0 Å². The molecular formula is C23H28N2O7. The lowest BCUT2D eigenvalue weighted by molar-refractivity contribution is -0.136. The van der Waals surface area contributed by atoms with E-state index < -0.39 is 5.97 Å². The summed E-state index contributed by atoms with van der Waals surface area (Å²) >= 11 is 0. The highest BCUT2D eigenvalue weighted by molar-refractivity contribution is 5.93. The van der Waals surface area contributed by atoms with Crippen LogP contribution in [0.25, 0.3) is 0 Å². The van der Waals surface area contributed by atoms with Crippen LogP contribution in [0.5, 0.6) is 11.5 Å². The van der Waals surface area contributed by atoms with Crippen LogP contribution in [0.3, 0.4) is 0 Å². The molecular weight excluding hydrogens is 416 g/mol. The number of hydrogen-bond acceptors (Lipinski definition) is 7. The number of benzene rings is 1. The van der Waals surface area contributed by atoms with Crippen molar-refractivity contribution < 1.29 is 33.0 Å². The van der Waals surface area contributed by atoms with Gasteiger partial charge in [0.25, 0.3) is 11.8 Å². The van der Waals surface area contributed by atoms with Crippen LogP contribution in [0.15, 0.2) is 41.0 Å². The minimum atomic E-state index is -0.626. The maximum Gasteiger partial charge on any atom is 0.338 e. The van der Waals surface area contributed by atoms with Gasteiger partial charge in [0.1, 0.15) is 0 Å². The van der Waals surface area contributed by atoms with Crippen LogP contribution in [0.4, 0.5) is 0 Å². The van der Waals surface area contributed by atoms with Gasteiger partial charge in [0.2, 0.25) is 0 Å². The Kier molecular flexibility index (Phi) is 7.75. The molecule has 1 aliphatic rings. The second-order valence-corrected chi connectivity index (χ2v) is 7.80. The summed E-state index contributed by atoms with van der Waals surface area (Å²) in [4.78, 5) is 40.3. The van der Waals surface area contributed by atoms with Crippen LogP contribution in [0, 0.1) is 5.92 Å². The summed E-state index contributed by atoms with van der Waals surface area (Å²) in [6, 6.07) is 8.01. The van der Waals surface area contributed by atoms with Crippen molar-refractivity contribution in [2.24, 2.45) is 5.92 Å². The topological polar surface area (TPSA) is 98.5 Å². The third-order valence-electron chi connectivity index (χ3n) is 4.95. The molecule has 1 aliphatic heterocycles. The molecule has 0 bridgehead atoms. The standard InChI is InChI=1S/C23H28N2O7/c1-16(2)14-31-18-7-6-17(13-20(18)29-3)23(28)32-15-21(26)24-8-10-25(11-9-24)22(27)19-5-4-12-30-19/h4-7,12-13,16H,8-11,14-15H2,1-3H3. The van der Waals surface area contributed by atoms with E-state index in [1.165, 1.54) is 19.4 Å². The van der Waals surface area contributed by atoms with E-state index in [2.05, 4.69) is 0 Å². The summed E-state index contributed by atoms with van der Waals surface area (Å²) in [5.41, 5.74) is 0.264. The fourth-order valence-corrected chi connectivity index (χ4v) is 3.19. The normalized spacial score (nSPS) is 13.8. The number of hydrogen-bond donors (Lipinski definition) is 0. The van der Waals surface area contributed by atoms with E-state index in [4.69, 9.17) is 18.6 Å². The number of esters is 1. The van der Waals surface area contributed by atoms with Gasteiger partial charge in [-0.15, -0.1) is 0 Å². The number of ether oxygens (including phenoxy) is 3. The van der Waals surface area contributed by atoms with E-state index in [0.29, 0.717) is 50.2 Å². The summed E-state index contributed by atoms with van der Waals surface area (Å²) in [7, 11) is 1.49. The largest absolute Gasteiger partial charge is 0.493 e. The highest BCUT2D eigenvalue weighted by atomic mass is 16.5. The Hall–Kier alpha value is -3.49. The molecule has 3 rings (SSSR count). The predicted molar refractivity (Wildman–Crippen MR) is 115 cm³/mol. The molecule has 0 N–H and O–H groups in total. The predicted octanol–water partition coefficient (Wildman–Crippen LogP) is 2.46. The molecule has 1 aromatic heterocycles. The van der Waals surface area contributed by atoms with Gasteiger partial charge in [-0.25, -0.2) is 4.79 Å². The zero-order valence-electron chi connectivity index (χ0n) is 18.5. The Balaban J connectivity index is 1.48. The molecule has 2 aromatic rings. The van der Waals surface area contributed by atoms with Crippen molar-refractivity contribution in [1.29, 1.82) is 0 Å². The lowest BCUT2D eigenvalue weighted by atomic mass is 10.2. The molecule has 0 radical (unpaired) electrons. The van der Waals surface area contributed by atoms with Gasteiger partial charge in [-0.05, 0) is 36.2 Å². The molecule has 0 saturated carbocycles. The number of furan rings is 1.